The van der Waals surface area contributed by atoms with Gasteiger partial charge in [0.2, 0.25) is 0 Å². The van der Waals surface area contributed by atoms with Crippen LogP contribution in [0.5, 0.6) is 0 Å². The van der Waals surface area contributed by atoms with Crippen LogP contribution >= 0.6 is 0 Å². The molecule has 1 aromatic rings. The molecule has 0 saturated carbocycles. The Hall–Kier alpha value is -0.900. The summed E-state index contributed by atoms with van der Waals surface area (Å²) in [6, 6.07) is 6.89. The Kier molecular flexibility index (Phi) is 7.72. The monoisotopic (exact) mass is 265 g/mol. The summed E-state index contributed by atoms with van der Waals surface area (Å²) in [6.07, 6.45) is 0.947. The van der Waals surface area contributed by atoms with Crippen LogP contribution in [0, 0.1) is 13.8 Å². The van der Waals surface area contributed by atoms with E-state index in [0.717, 1.165) is 26.2 Å². The minimum absolute atomic E-state index is 0.270. The molecule has 0 bridgehead atoms. The molecule has 1 atom stereocenters. The molecular formula is C16H27NO2. The Morgan fingerprint density at radius 2 is 1.95 bits per heavy atom. The number of rotatable bonds is 9. The fourth-order valence-electron chi connectivity index (χ4n) is 2.01. The lowest BCUT2D eigenvalue weighted by Gasteiger charge is -2.19. The number of benzene rings is 1. The van der Waals surface area contributed by atoms with Gasteiger partial charge in [-0.1, -0.05) is 25.1 Å². The molecule has 108 valence electrons. The SMILES string of the molecule is CCNC(COCCCOC)c1ccc(C)c(C)c1. The van der Waals surface area contributed by atoms with E-state index >= 15 is 0 Å². The highest BCUT2D eigenvalue weighted by Gasteiger charge is 2.11. The second-order valence-electron chi connectivity index (χ2n) is 4.88. The first-order valence-corrected chi connectivity index (χ1v) is 7.06. The molecule has 0 spiro atoms. The summed E-state index contributed by atoms with van der Waals surface area (Å²) in [5.41, 5.74) is 3.97. The van der Waals surface area contributed by atoms with Crippen LogP contribution in [-0.4, -0.2) is 33.5 Å². The topological polar surface area (TPSA) is 30.5 Å². The molecule has 0 heterocycles. The third-order valence-electron chi connectivity index (χ3n) is 3.31. The van der Waals surface area contributed by atoms with Crippen molar-refractivity contribution < 1.29 is 9.47 Å². The molecule has 0 aliphatic rings. The third-order valence-corrected chi connectivity index (χ3v) is 3.31. The molecule has 0 aromatic heterocycles. The fourth-order valence-corrected chi connectivity index (χ4v) is 2.01. The van der Waals surface area contributed by atoms with Crippen LogP contribution in [0.1, 0.15) is 36.1 Å². The highest BCUT2D eigenvalue weighted by Crippen LogP contribution is 2.17. The molecule has 3 heteroatoms. The summed E-state index contributed by atoms with van der Waals surface area (Å²) < 4.78 is 10.7. The normalized spacial score (nSPS) is 12.6. The van der Waals surface area contributed by atoms with Crippen LogP contribution in [0.4, 0.5) is 0 Å². The van der Waals surface area contributed by atoms with Gasteiger partial charge in [0.25, 0.3) is 0 Å². The summed E-state index contributed by atoms with van der Waals surface area (Å²) in [5.74, 6) is 0. The summed E-state index contributed by atoms with van der Waals surface area (Å²) in [5, 5.41) is 3.48. The van der Waals surface area contributed by atoms with Crippen LogP contribution in [0.2, 0.25) is 0 Å². The van der Waals surface area contributed by atoms with Gasteiger partial charge in [-0.3, -0.25) is 0 Å². The minimum Gasteiger partial charge on any atom is -0.385 e. The van der Waals surface area contributed by atoms with Gasteiger partial charge < -0.3 is 14.8 Å². The van der Waals surface area contributed by atoms with Crippen molar-refractivity contribution in [3.05, 3.63) is 34.9 Å². The molecule has 0 saturated heterocycles. The molecule has 19 heavy (non-hydrogen) atoms. The van der Waals surface area contributed by atoms with Crippen molar-refractivity contribution in [1.29, 1.82) is 0 Å². The maximum absolute atomic E-state index is 5.73. The van der Waals surface area contributed by atoms with E-state index < -0.39 is 0 Å². The Morgan fingerprint density at radius 1 is 1.16 bits per heavy atom. The number of nitrogens with one attached hydrogen (secondary N) is 1. The van der Waals surface area contributed by atoms with Gasteiger partial charge in [-0.15, -0.1) is 0 Å². The second kappa shape index (κ2) is 9.08. The Morgan fingerprint density at radius 3 is 2.58 bits per heavy atom. The van der Waals surface area contributed by atoms with E-state index in [4.69, 9.17) is 9.47 Å². The zero-order chi connectivity index (χ0) is 14.1. The van der Waals surface area contributed by atoms with Gasteiger partial charge in [0.1, 0.15) is 0 Å². The predicted molar refractivity (Wildman–Crippen MR) is 79.6 cm³/mol. The van der Waals surface area contributed by atoms with E-state index in [9.17, 15) is 0 Å². The summed E-state index contributed by atoms with van der Waals surface area (Å²) in [6.45, 7) is 9.58. The van der Waals surface area contributed by atoms with E-state index in [1.165, 1.54) is 16.7 Å². The van der Waals surface area contributed by atoms with Crippen LogP contribution < -0.4 is 5.32 Å². The van der Waals surface area contributed by atoms with Gasteiger partial charge in [0.05, 0.1) is 12.6 Å². The van der Waals surface area contributed by atoms with Crippen molar-refractivity contribution in [3.63, 3.8) is 0 Å². The number of methoxy groups -OCH3 is 1. The lowest BCUT2D eigenvalue weighted by molar-refractivity contribution is 0.0878. The first-order chi connectivity index (χ1) is 9.19. The molecule has 0 aliphatic carbocycles. The zero-order valence-electron chi connectivity index (χ0n) is 12.7. The summed E-state index contributed by atoms with van der Waals surface area (Å²) in [7, 11) is 1.72. The summed E-state index contributed by atoms with van der Waals surface area (Å²) >= 11 is 0. The number of ether oxygens (including phenoxy) is 2. The highest BCUT2D eigenvalue weighted by atomic mass is 16.5. The van der Waals surface area contributed by atoms with Crippen molar-refractivity contribution in [1.82, 2.24) is 5.32 Å². The van der Waals surface area contributed by atoms with Crippen molar-refractivity contribution in [2.75, 3.05) is 33.5 Å². The van der Waals surface area contributed by atoms with Crippen molar-refractivity contribution >= 4 is 0 Å². The van der Waals surface area contributed by atoms with Gasteiger partial charge in [0, 0.05) is 20.3 Å². The molecule has 0 radical (unpaired) electrons. The molecule has 1 aromatic carbocycles. The molecular weight excluding hydrogens is 238 g/mol. The fraction of sp³-hybridized carbons (Fsp3) is 0.625. The van der Waals surface area contributed by atoms with E-state index in [2.05, 4.69) is 44.3 Å². The Labute approximate surface area is 117 Å². The summed E-state index contributed by atoms with van der Waals surface area (Å²) in [4.78, 5) is 0. The number of aryl methyl sites for hydroxylation is 2. The standard InChI is InChI=1S/C16H27NO2/c1-5-17-16(12-19-10-6-9-18-4)15-8-7-13(2)14(3)11-15/h7-8,11,16-17H,5-6,9-10,12H2,1-4H3. The second-order valence-corrected chi connectivity index (χ2v) is 4.88. The first-order valence-electron chi connectivity index (χ1n) is 7.06. The Balaban J connectivity index is 2.53. The average molecular weight is 265 g/mol. The molecule has 0 aliphatic heterocycles. The molecule has 0 amide bonds. The number of likely N-dealkylation sites (N-methyl/N-ethyl adjacent to an activating group) is 1. The zero-order valence-corrected chi connectivity index (χ0v) is 12.7. The third kappa shape index (κ3) is 5.72. The maximum Gasteiger partial charge on any atom is 0.0661 e. The van der Waals surface area contributed by atoms with Crippen molar-refractivity contribution in [3.8, 4) is 0 Å². The lowest BCUT2D eigenvalue weighted by atomic mass is 10.0. The van der Waals surface area contributed by atoms with Crippen molar-refractivity contribution in [2.45, 2.75) is 33.2 Å². The van der Waals surface area contributed by atoms with Gasteiger partial charge >= 0.3 is 0 Å². The highest BCUT2D eigenvalue weighted by molar-refractivity contribution is 5.31. The van der Waals surface area contributed by atoms with Gasteiger partial charge in [-0.2, -0.15) is 0 Å². The molecule has 3 nitrogen and oxygen atoms in total. The predicted octanol–water partition coefficient (Wildman–Crippen LogP) is 3.01. The van der Waals surface area contributed by atoms with Gasteiger partial charge in [-0.05, 0) is 43.5 Å². The van der Waals surface area contributed by atoms with Gasteiger partial charge in [-0.25, -0.2) is 0 Å². The maximum atomic E-state index is 5.73. The largest absolute Gasteiger partial charge is 0.385 e. The first kappa shape index (κ1) is 16.2. The molecule has 1 unspecified atom stereocenters. The van der Waals surface area contributed by atoms with Crippen LogP contribution in [-0.2, 0) is 9.47 Å². The van der Waals surface area contributed by atoms with Crippen LogP contribution in [0.25, 0.3) is 0 Å². The quantitative estimate of drug-likeness (QED) is 0.696. The van der Waals surface area contributed by atoms with E-state index in [-0.39, 0.29) is 6.04 Å². The van der Waals surface area contributed by atoms with E-state index in [1.807, 2.05) is 0 Å². The number of hydrogen-bond acceptors (Lipinski definition) is 3. The number of hydrogen-bond donors (Lipinski definition) is 1. The van der Waals surface area contributed by atoms with Crippen LogP contribution in [0.3, 0.4) is 0 Å². The smallest absolute Gasteiger partial charge is 0.0661 e. The van der Waals surface area contributed by atoms with Crippen LogP contribution in [0.15, 0.2) is 18.2 Å². The Bertz CT molecular complexity index is 366. The van der Waals surface area contributed by atoms with E-state index in [1.54, 1.807) is 7.11 Å². The molecule has 1 rings (SSSR count). The molecule has 0 fully saturated rings. The average Bonchev–Trinajstić information content (AvgIpc) is 2.40. The van der Waals surface area contributed by atoms with Gasteiger partial charge in [0.15, 0.2) is 0 Å². The lowest BCUT2D eigenvalue weighted by Crippen LogP contribution is -2.25. The van der Waals surface area contributed by atoms with E-state index in [0.29, 0.717) is 6.61 Å². The van der Waals surface area contributed by atoms with Crippen molar-refractivity contribution in [2.24, 2.45) is 0 Å². The minimum atomic E-state index is 0.270. The molecule has 1 N–H and O–H groups in total.